The van der Waals surface area contributed by atoms with E-state index in [0.29, 0.717) is 18.3 Å². The SMILES string of the molecule is CC(C)[C@@H]1CC[C@@H](C)C[C@H]1OS(=O)(=O)[O-].CCCC[P+](CCCC)(CCCC)CCCC. The van der Waals surface area contributed by atoms with Crippen molar-refractivity contribution in [3.63, 3.8) is 0 Å². The van der Waals surface area contributed by atoms with E-state index in [1.807, 2.05) is 13.8 Å². The Kier molecular flexibility index (Phi) is 17.9. The molecule has 0 aromatic heterocycles. The molecular weight excluding hydrogens is 439 g/mol. The summed E-state index contributed by atoms with van der Waals surface area (Å²) in [6, 6.07) is 0. The van der Waals surface area contributed by atoms with Gasteiger partial charge in [0.1, 0.15) is 0 Å². The number of rotatable bonds is 15. The van der Waals surface area contributed by atoms with Crippen LogP contribution >= 0.6 is 7.26 Å². The Hall–Kier alpha value is 0.300. The minimum Gasteiger partial charge on any atom is -0.726 e. The first-order valence-electron chi connectivity index (χ1n) is 13.5. The average molecular weight is 495 g/mol. The van der Waals surface area contributed by atoms with E-state index in [1.54, 1.807) is 24.6 Å². The molecule has 0 spiro atoms. The van der Waals surface area contributed by atoms with Gasteiger partial charge in [-0.1, -0.05) is 80.6 Å². The molecule has 32 heavy (non-hydrogen) atoms. The molecule has 4 nitrogen and oxygen atoms in total. The second-order valence-corrected chi connectivity index (χ2v) is 16.0. The molecule has 6 heteroatoms. The lowest BCUT2D eigenvalue weighted by Gasteiger charge is -2.37. The van der Waals surface area contributed by atoms with Gasteiger partial charge in [0.05, 0.1) is 30.8 Å². The standard InChI is InChI=1S/C16H36P.C10H20O4S/c1-5-9-13-17(14-10-6-2,15-11-7-3)16-12-8-4;1-7(2)9-5-4-8(3)6-10(9)14-15(11,12)13/h5-16H2,1-4H3;7-10H,4-6H2,1-3H3,(H,11,12,13)/q+1;/p-1/t;8-,9+,10-/m.1/s1. The summed E-state index contributed by atoms with van der Waals surface area (Å²) < 4.78 is 36.4. The Labute approximate surface area is 202 Å². The van der Waals surface area contributed by atoms with Gasteiger partial charge in [0.2, 0.25) is 10.4 Å². The zero-order chi connectivity index (χ0) is 24.6. The van der Waals surface area contributed by atoms with E-state index in [9.17, 15) is 13.0 Å². The predicted molar refractivity (Wildman–Crippen MR) is 142 cm³/mol. The Morgan fingerprint density at radius 2 is 1.25 bits per heavy atom. The van der Waals surface area contributed by atoms with Gasteiger partial charge in [0.15, 0.2) is 0 Å². The molecule has 0 aromatic carbocycles. The maximum Gasteiger partial charge on any atom is 0.217 e. The van der Waals surface area contributed by atoms with Crippen molar-refractivity contribution in [1.82, 2.24) is 0 Å². The van der Waals surface area contributed by atoms with Gasteiger partial charge in [-0.2, -0.15) is 0 Å². The van der Waals surface area contributed by atoms with Crippen LogP contribution in [0, 0.1) is 17.8 Å². The highest BCUT2D eigenvalue weighted by Gasteiger charge is 2.34. The van der Waals surface area contributed by atoms with Crippen LogP contribution in [0.1, 0.15) is 119 Å². The fourth-order valence-corrected chi connectivity index (χ4v) is 10.8. The minimum atomic E-state index is -4.56. The number of hydrogen-bond donors (Lipinski definition) is 0. The summed E-state index contributed by atoms with van der Waals surface area (Å²) in [4.78, 5) is 0. The molecule has 1 fully saturated rings. The summed E-state index contributed by atoms with van der Waals surface area (Å²) in [6.45, 7) is 15.6. The molecule has 0 radical (unpaired) electrons. The summed E-state index contributed by atoms with van der Waals surface area (Å²) in [7, 11) is -5.13. The van der Waals surface area contributed by atoms with Crippen molar-refractivity contribution in [2.45, 2.75) is 125 Å². The second kappa shape index (κ2) is 17.7. The molecule has 0 N–H and O–H groups in total. The van der Waals surface area contributed by atoms with E-state index in [1.165, 1.54) is 51.4 Å². The fourth-order valence-electron chi connectivity index (χ4n) is 5.02. The van der Waals surface area contributed by atoms with E-state index < -0.39 is 23.8 Å². The Morgan fingerprint density at radius 3 is 1.56 bits per heavy atom. The van der Waals surface area contributed by atoms with Crippen molar-refractivity contribution < 1.29 is 17.2 Å². The van der Waals surface area contributed by atoms with Crippen molar-refractivity contribution >= 4 is 17.7 Å². The third kappa shape index (κ3) is 14.5. The van der Waals surface area contributed by atoms with Crippen LogP contribution in [-0.4, -0.2) is 43.7 Å². The molecule has 1 rings (SSSR count). The summed E-state index contributed by atoms with van der Waals surface area (Å²) in [5, 5.41) is 0. The van der Waals surface area contributed by atoms with Crippen LogP contribution in [-0.2, 0) is 14.6 Å². The first-order valence-corrected chi connectivity index (χ1v) is 17.4. The van der Waals surface area contributed by atoms with Crippen molar-refractivity contribution in [2.75, 3.05) is 24.6 Å². The summed E-state index contributed by atoms with van der Waals surface area (Å²) in [5.41, 5.74) is 0. The van der Waals surface area contributed by atoms with E-state index in [-0.39, 0.29) is 5.92 Å². The minimum absolute atomic E-state index is 0.185. The van der Waals surface area contributed by atoms with Gasteiger partial charge in [0.25, 0.3) is 0 Å². The van der Waals surface area contributed by atoms with Crippen LogP contribution in [0.3, 0.4) is 0 Å². The number of unbranched alkanes of at least 4 members (excludes halogenated alkanes) is 4. The molecule has 1 aliphatic carbocycles. The molecule has 1 aliphatic rings. The van der Waals surface area contributed by atoms with Crippen LogP contribution in [0.4, 0.5) is 0 Å². The van der Waals surface area contributed by atoms with Crippen LogP contribution in [0.15, 0.2) is 0 Å². The van der Waals surface area contributed by atoms with Gasteiger partial charge < -0.3 is 4.55 Å². The molecule has 0 aromatic rings. The maximum atomic E-state index is 10.6. The quantitative estimate of drug-likeness (QED) is 0.131. The molecule has 3 atom stereocenters. The molecule has 0 aliphatic heterocycles. The molecule has 194 valence electrons. The Bertz CT molecular complexity index is 513. The Balaban J connectivity index is 0.000000604. The molecule has 1 saturated carbocycles. The molecule has 0 amide bonds. The second-order valence-electron chi connectivity index (χ2n) is 10.5. The van der Waals surface area contributed by atoms with Gasteiger partial charge in [0, 0.05) is 7.26 Å². The van der Waals surface area contributed by atoms with Gasteiger partial charge >= 0.3 is 0 Å². The lowest BCUT2D eigenvalue weighted by atomic mass is 9.75. The molecule has 0 saturated heterocycles. The van der Waals surface area contributed by atoms with Gasteiger partial charge in [-0.05, 0) is 56.3 Å². The van der Waals surface area contributed by atoms with E-state index in [2.05, 4.69) is 38.8 Å². The third-order valence-electron chi connectivity index (χ3n) is 7.15. The van der Waals surface area contributed by atoms with Crippen molar-refractivity contribution in [3.05, 3.63) is 0 Å². The largest absolute Gasteiger partial charge is 0.726 e. The molecule has 0 heterocycles. The lowest BCUT2D eigenvalue weighted by molar-refractivity contribution is 0.0411. The lowest BCUT2D eigenvalue weighted by Crippen LogP contribution is -2.35. The third-order valence-corrected chi connectivity index (χ3v) is 12.7. The highest BCUT2D eigenvalue weighted by Crippen LogP contribution is 2.61. The zero-order valence-corrected chi connectivity index (χ0v) is 24.1. The zero-order valence-electron chi connectivity index (χ0n) is 22.4. The van der Waals surface area contributed by atoms with Crippen molar-refractivity contribution in [3.8, 4) is 0 Å². The van der Waals surface area contributed by atoms with E-state index in [4.69, 9.17) is 0 Å². The highest BCUT2D eigenvalue weighted by molar-refractivity contribution is 7.80. The normalized spacial score (nSPS) is 22.0. The Morgan fingerprint density at radius 1 is 0.844 bits per heavy atom. The number of hydrogen-bond acceptors (Lipinski definition) is 4. The average Bonchev–Trinajstić information content (AvgIpc) is 2.72. The van der Waals surface area contributed by atoms with Gasteiger partial charge in [-0.3, -0.25) is 4.18 Å². The summed E-state index contributed by atoms with van der Waals surface area (Å²) in [6.07, 6.45) is 20.2. The first kappa shape index (κ1) is 32.3. The van der Waals surface area contributed by atoms with Crippen molar-refractivity contribution in [2.24, 2.45) is 17.8 Å². The van der Waals surface area contributed by atoms with Crippen LogP contribution in [0.2, 0.25) is 0 Å². The predicted octanol–water partition coefficient (Wildman–Crippen LogP) is 8.13. The smallest absolute Gasteiger partial charge is 0.217 e. The summed E-state index contributed by atoms with van der Waals surface area (Å²) >= 11 is 0. The molecule has 0 unspecified atom stereocenters. The topological polar surface area (TPSA) is 66.4 Å². The van der Waals surface area contributed by atoms with E-state index in [0.717, 1.165) is 12.8 Å². The van der Waals surface area contributed by atoms with Crippen LogP contribution in [0.25, 0.3) is 0 Å². The monoisotopic (exact) mass is 494 g/mol. The highest BCUT2D eigenvalue weighted by atomic mass is 32.3. The summed E-state index contributed by atoms with van der Waals surface area (Å²) in [5.74, 6) is 0.973. The van der Waals surface area contributed by atoms with Crippen LogP contribution in [0.5, 0.6) is 0 Å². The fraction of sp³-hybridized carbons (Fsp3) is 1.00. The van der Waals surface area contributed by atoms with Crippen molar-refractivity contribution in [1.29, 1.82) is 0 Å². The molecular formula is C26H55O4PS. The first-order chi connectivity index (χ1) is 15.0. The van der Waals surface area contributed by atoms with Crippen LogP contribution < -0.4 is 0 Å². The van der Waals surface area contributed by atoms with Gasteiger partial charge in [-0.15, -0.1) is 0 Å². The van der Waals surface area contributed by atoms with Gasteiger partial charge in [-0.25, -0.2) is 8.42 Å². The van der Waals surface area contributed by atoms with E-state index >= 15 is 0 Å². The maximum absolute atomic E-state index is 10.6. The molecule has 0 bridgehead atoms.